The average Bonchev–Trinajstić information content (AvgIpc) is 2.70. The summed E-state index contributed by atoms with van der Waals surface area (Å²) in [4.78, 5) is 16.1. The molecule has 148 valence electrons. The van der Waals surface area contributed by atoms with E-state index in [-0.39, 0.29) is 27.3 Å². The summed E-state index contributed by atoms with van der Waals surface area (Å²) < 4.78 is 0. The minimum Gasteiger partial charge on any atom is -0.753 e. The molecule has 0 aliphatic rings. The van der Waals surface area contributed by atoms with Gasteiger partial charge in [0.2, 0.25) is 0 Å². The number of nitrogens with zero attached hydrogens (tertiary/aromatic N) is 6. The molecule has 0 spiro atoms. The number of isothiocyanates is 1. The van der Waals surface area contributed by atoms with Gasteiger partial charge in [0.25, 0.3) is 0 Å². The van der Waals surface area contributed by atoms with Gasteiger partial charge in [-0.1, -0.05) is 12.2 Å². The number of aliphatic hydroxyl groups excluding tert-OH is 2. The van der Waals surface area contributed by atoms with Crippen molar-refractivity contribution in [3.05, 3.63) is 80.9 Å². The molecular formula is C15H18N6O5PbS. The molecule has 2 heterocycles. The topological polar surface area (TPSA) is 179 Å². The predicted octanol–water partition coefficient (Wildman–Crippen LogP) is 1.19. The molecule has 0 aromatic carbocycles. The SMILES string of the molecule is C(=N\N=C\c1ccncc1)/c1ccncc1.CO.CO.O=[N+]([O-])[O-].[N-]=C=S.[Pb+2]. The zero-order chi connectivity index (χ0) is 21.3. The van der Waals surface area contributed by atoms with Crippen LogP contribution in [0.5, 0.6) is 0 Å². The van der Waals surface area contributed by atoms with Crippen molar-refractivity contribution in [3.63, 3.8) is 0 Å². The maximum absolute atomic E-state index is 8.25. The summed E-state index contributed by atoms with van der Waals surface area (Å²) in [5.41, 5.74) is 1.95. The molecule has 0 saturated heterocycles. The van der Waals surface area contributed by atoms with Crippen molar-refractivity contribution < 1.29 is 15.3 Å². The Morgan fingerprint density at radius 1 is 0.964 bits per heavy atom. The van der Waals surface area contributed by atoms with E-state index in [0.29, 0.717) is 0 Å². The third kappa shape index (κ3) is 28.3. The van der Waals surface area contributed by atoms with E-state index in [1.165, 1.54) is 5.16 Å². The van der Waals surface area contributed by atoms with Gasteiger partial charge in [-0.2, -0.15) is 15.4 Å². The van der Waals surface area contributed by atoms with Crippen LogP contribution < -0.4 is 0 Å². The summed E-state index contributed by atoms with van der Waals surface area (Å²) in [6, 6.07) is 7.47. The largest absolute Gasteiger partial charge is 2.00 e. The fourth-order valence-corrected chi connectivity index (χ4v) is 1.10. The van der Waals surface area contributed by atoms with Crippen LogP contribution in [0.15, 0.2) is 59.3 Å². The Morgan fingerprint density at radius 2 is 1.18 bits per heavy atom. The van der Waals surface area contributed by atoms with Gasteiger partial charge in [-0.3, -0.25) is 9.97 Å². The summed E-state index contributed by atoms with van der Waals surface area (Å²) in [6.45, 7) is 0. The molecule has 0 unspecified atom stereocenters. The molecule has 2 radical (unpaired) electrons. The second-order valence-corrected chi connectivity index (χ2v) is 3.55. The predicted molar refractivity (Wildman–Crippen MR) is 112 cm³/mol. The van der Waals surface area contributed by atoms with Crippen molar-refractivity contribution in [1.29, 1.82) is 0 Å². The molecule has 2 aromatic heterocycles. The molecule has 13 heteroatoms. The molecule has 0 bridgehead atoms. The molecule has 0 saturated carbocycles. The first-order valence-electron chi connectivity index (χ1n) is 6.68. The maximum Gasteiger partial charge on any atom is 2.00 e. The molecule has 0 atom stereocenters. The van der Waals surface area contributed by atoms with Gasteiger partial charge in [0.15, 0.2) is 0 Å². The van der Waals surface area contributed by atoms with Gasteiger partial charge in [0.1, 0.15) is 0 Å². The van der Waals surface area contributed by atoms with Crippen LogP contribution in [0.2, 0.25) is 0 Å². The quantitative estimate of drug-likeness (QED) is 0.173. The number of rotatable bonds is 3. The molecule has 0 amide bonds. The van der Waals surface area contributed by atoms with Crippen molar-refractivity contribution in [2.45, 2.75) is 0 Å². The molecule has 11 nitrogen and oxygen atoms in total. The molecule has 2 N–H and O–H groups in total. The van der Waals surface area contributed by atoms with Gasteiger partial charge in [-0.05, 0) is 35.4 Å². The summed E-state index contributed by atoms with van der Waals surface area (Å²) in [5.74, 6) is 0. The van der Waals surface area contributed by atoms with Crippen molar-refractivity contribution in [2.75, 3.05) is 14.2 Å². The second kappa shape index (κ2) is 29.3. The van der Waals surface area contributed by atoms with Crippen molar-refractivity contribution in [1.82, 2.24) is 9.97 Å². The first-order chi connectivity index (χ1) is 13.1. The van der Waals surface area contributed by atoms with Crippen molar-refractivity contribution >= 4 is 57.1 Å². The van der Waals surface area contributed by atoms with E-state index in [2.05, 4.69) is 32.4 Å². The smallest absolute Gasteiger partial charge is 0.753 e. The van der Waals surface area contributed by atoms with E-state index in [1.54, 1.807) is 37.2 Å². The number of hydrogen-bond acceptors (Lipinski definition) is 10. The fourth-order valence-electron chi connectivity index (χ4n) is 1.10. The Balaban J connectivity index is -0.000000204. The van der Waals surface area contributed by atoms with Gasteiger partial charge in [-0.25, -0.2) is 0 Å². The second-order valence-electron chi connectivity index (χ2n) is 3.37. The van der Waals surface area contributed by atoms with Crippen LogP contribution in [0, 0.1) is 15.3 Å². The van der Waals surface area contributed by atoms with E-state index in [4.69, 9.17) is 30.9 Å². The summed E-state index contributed by atoms with van der Waals surface area (Å²) >= 11 is 3.70. The summed E-state index contributed by atoms with van der Waals surface area (Å²) in [6.07, 6.45) is 10.2. The van der Waals surface area contributed by atoms with Gasteiger partial charge in [0, 0.05) is 39.0 Å². The summed E-state index contributed by atoms with van der Waals surface area (Å²) in [5, 5.41) is 45.1. The molecular weight excluding hydrogens is 583 g/mol. The Hall–Kier alpha value is -2.52. The molecule has 28 heavy (non-hydrogen) atoms. The van der Waals surface area contributed by atoms with Crippen LogP contribution in [0.25, 0.3) is 5.41 Å². The van der Waals surface area contributed by atoms with Crippen LogP contribution in [0.4, 0.5) is 0 Å². The van der Waals surface area contributed by atoms with Gasteiger partial charge in [0.05, 0.1) is 17.5 Å². The molecule has 0 aliphatic carbocycles. The Kier molecular flexibility index (Phi) is 34.6. The minimum atomic E-state index is -1.75. The monoisotopic (exact) mass is 602 g/mol. The van der Waals surface area contributed by atoms with Crippen molar-refractivity contribution in [2.24, 2.45) is 10.2 Å². The van der Waals surface area contributed by atoms with Gasteiger partial charge >= 0.3 is 27.3 Å². The average molecular weight is 602 g/mol. The maximum atomic E-state index is 8.25. The number of aliphatic hydroxyl groups is 2. The third-order valence-corrected chi connectivity index (χ3v) is 1.89. The Morgan fingerprint density at radius 3 is 1.39 bits per heavy atom. The zero-order valence-electron chi connectivity index (χ0n) is 15.0. The Bertz CT molecular complexity index is 620. The van der Waals surface area contributed by atoms with Crippen LogP contribution in [0.3, 0.4) is 0 Å². The molecule has 2 rings (SSSR count). The number of thiocarbonyl (C=S) groups is 1. The fraction of sp³-hybridized carbons (Fsp3) is 0.133. The number of hydrogen-bond donors (Lipinski definition) is 2. The number of aromatic nitrogens is 2. The Labute approximate surface area is 187 Å². The first kappa shape index (κ1) is 33.1. The minimum absolute atomic E-state index is 0. The molecule has 0 aliphatic heterocycles. The zero-order valence-corrected chi connectivity index (χ0v) is 19.7. The normalized spacial score (nSPS) is 8.00. The van der Waals surface area contributed by atoms with Gasteiger partial charge in [-0.15, -0.1) is 0 Å². The van der Waals surface area contributed by atoms with Crippen LogP contribution >= 0.6 is 12.2 Å². The van der Waals surface area contributed by atoms with Crippen LogP contribution in [0.1, 0.15) is 11.1 Å². The van der Waals surface area contributed by atoms with E-state index < -0.39 is 5.09 Å². The standard InChI is InChI=1S/C12H10N4.CNS.2CH4O.NO3.Pb/c1-5-13-6-2-11(1)9-15-16-10-12-3-7-14-8-4-12;2-1-3;2*1-2;2-1(3)4;/h1-10H;;2*2H,1H3;;/q;-1;;;-1;+2/b15-9+,16-10+;;;;;. The number of pyridine rings is 2. The molecule has 0 fully saturated rings. The van der Waals surface area contributed by atoms with Crippen LogP contribution in [-0.2, 0) is 0 Å². The van der Waals surface area contributed by atoms with Crippen molar-refractivity contribution in [3.8, 4) is 0 Å². The van der Waals surface area contributed by atoms with E-state index >= 15 is 0 Å². The van der Waals surface area contributed by atoms with Gasteiger partial charge < -0.3 is 30.9 Å². The van der Waals surface area contributed by atoms with E-state index in [1.807, 2.05) is 24.3 Å². The third-order valence-electron chi connectivity index (χ3n) is 1.89. The molecule has 2 aromatic rings. The first-order valence-corrected chi connectivity index (χ1v) is 7.09. The summed E-state index contributed by atoms with van der Waals surface area (Å²) in [7, 11) is 2.00. The van der Waals surface area contributed by atoms with Crippen LogP contribution in [-0.4, -0.2) is 84.4 Å². The van der Waals surface area contributed by atoms with E-state index in [9.17, 15) is 0 Å². The van der Waals surface area contributed by atoms with E-state index in [0.717, 1.165) is 25.3 Å².